The first kappa shape index (κ1) is 14.4. The summed E-state index contributed by atoms with van der Waals surface area (Å²) in [6.07, 6.45) is 0.707. The molecule has 16 heavy (non-hydrogen) atoms. The Labute approximate surface area is 95.9 Å². The van der Waals surface area contributed by atoms with Crippen molar-refractivity contribution in [2.75, 3.05) is 13.1 Å². The summed E-state index contributed by atoms with van der Waals surface area (Å²) in [6, 6.07) is 3.94. The molecule has 0 saturated carbocycles. The maximum absolute atomic E-state index is 11.7. The van der Waals surface area contributed by atoms with Crippen molar-refractivity contribution in [2.45, 2.75) is 38.7 Å². The van der Waals surface area contributed by atoms with Gasteiger partial charge in [0.1, 0.15) is 0 Å². The fourth-order valence-corrected chi connectivity index (χ4v) is 1.22. The number of nitriles is 2. The molecule has 1 atom stereocenters. The molecule has 1 unspecified atom stereocenters. The van der Waals surface area contributed by atoms with Gasteiger partial charge in [-0.25, -0.2) is 0 Å². The molecule has 0 aromatic rings. The number of aliphatic hydroxyl groups is 1. The predicted molar refractivity (Wildman–Crippen MR) is 58.0 cm³/mol. The summed E-state index contributed by atoms with van der Waals surface area (Å²) in [7, 11) is 0. The van der Waals surface area contributed by atoms with Gasteiger partial charge in [-0.3, -0.25) is 4.79 Å². The number of amides is 1. The molecular weight excluding hydrogens is 206 g/mol. The van der Waals surface area contributed by atoms with Crippen molar-refractivity contribution in [3.8, 4) is 12.1 Å². The first-order chi connectivity index (χ1) is 7.61. The molecule has 0 aromatic carbocycles. The largest absolute Gasteiger partial charge is 0.393 e. The zero-order valence-corrected chi connectivity index (χ0v) is 9.52. The summed E-state index contributed by atoms with van der Waals surface area (Å²) in [5.74, 6) is -0.105. The van der Waals surface area contributed by atoms with E-state index in [1.54, 1.807) is 6.92 Å². The zero-order chi connectivity index (χ0) is 12.4. The minimum Gasteiger partial charge on any atom is -0.393 e. The number of carbonyl (C=O) groups is 1. The van der Waals surface area contributed by atoms with Gasteiger partial charge >= 0.3 is 0 Å². The van der Waals surface area contributed by atoms with Crippen molar-refractivity contribution in [3.05, 3.63) is 0 Å². The third-order valence-corrected chi connectivity index (χ3v) is 2.12. The minimum atomic E-state index is -0.502. The molecular formula is C11H17N3O2. The van der Waals surface area contributed by atoms with Crippen molar-refractivity contribution in [1.29, 1.82) is 10.5 Å². The highest BCUT2D eigenvalue weighted by molar-refractivity contribution is 5.76. The van der Waals surface area contributed by atoms with E-state index in [2.05, 4.69) is 0 Å². The van der Waals surface area contributed by atoms with Crippen LogP contribution in [-0.2, 0) is 4.79 Å². The lowest BCUT2D eigenvalue weighted by atomic mass is 10.2. The molecule has 88 valence electrons. The second-order valence-corrected chi connectivity index (χ2v) is 3.58. The van der Waals surface area contributed by atoms with E-state index in [4.69, 9.17) is 15.6 Å². The van der Waals surface area contributed by atoms with E-state index in [1.165, 1.54) is 4.90 Å². The lowest BCUT2D eigenvalue weighted by Gasteiger charge is -2.20. The van der Waals surface area contributed by atoms with Gasteiger partial charge in [-0.2, -0.15) is 10.5 Å². The first-order valence-corrected chi connectivity index (χ1v) is 5.31. The Kier molecular flexibility index (Phi) is 7.83. The van der Waals surface area contributed by atoms with Crippen LogP contribution in [0, 0.1) is 22.7 Å². The molecule has 0 radical (unpaired) electrons. The normalized spacial score (nSPS) is 11.2. The average molecular weight is 223 g/mol. The van der Waals surface area contributed by atoms with Gasteiger partial charge in [0.15, 0.2) is 0 Å². The Morgan fingerprint density at radius 1 is 1.31 bits per heavy atom. The number of hydrogen-bond donors (Lipinski definition) is 1. The van der Waals surface area contributed by atoms with Gasteiger partial charge in [-0.05, 0) is 13.3 Å². The van der Waals surface area contributed by atoms with Crippen molar-refractivity contribution in [3.63, 3.8) is 0 Å². The van der Waals surface area contributed by atoms with Gasteiger partial charge < -0.3 is 10.0 Å². The lowest BCUT2D eigenvalue weighted by Crippen LogP contribution is -2.33. The third kappa shape index (κ3) is 6.80. The van der Waals surface area contributed by atoms with Crippen LogP contribution in [0.2, 0.25) is 0 Å². The molecule has 1 amide bonds. The van der Waals surface area contributed by atoms with Crippen LogP contribution in [0.3, 0.4) is 0 Å². The number of aliphatic hydroxyl groups excluding tert-OH is 1. The third-order valence-electron chi connectivity index (χ3n) is 2.12. The second-order valence-electron chi connectivity index (χ2n) is 3.58. The van der Waals surface area contributed by atoms with E-state index in [9.17, 15) is 4.79 Å². The highest BCUT2D eigenvalue weighted by atomic mass is 16.3. The molecule has 0 saturated heterocycles. The molecule has 0 spiro atoms. The predicted octanol–water partition coefficient (Wildman–Crippen LogP) is 0.803. The lowest BCUT2D eigenvalue weighted by molar-refractivity contribution is -0.131. The van der Waals surface area contributed by atoms with Crippen LogP contribution in [0.1, 0.15) is 32.6 Å². The number of nitrogens with zero attached hydrogens (tertiary/aromatic N) is 3. The first-order valence-electron chi connectivity index (χ1n) is 5.31. The molecule has 0 aromatic heterocycles. The molecule has 5 heteroatoms. The Morgan fingerprint density at radius 2 is 1.81 bits per heavy atom. The van der Waals surface area contributed by atoms with Crippen molar-refractivity contribution >= 4 is 5.91 Å². The van der Waals surface area contributed by atoms with E-state index in [-0.39, 0.29) is 25.2 Å². The van der Waals surface area contributed by atoms with E-state index in [0.29, 0.717) is 19.5 Å². The Morgan fingerprint density at radius 3 is 2.19 bits per heavy atom. The van der Waals surface area contributed by atoms with E-state index >= 15 is 0 Å². The number of rotatable bonds is 7. The van der Waals surface area contributed by atoms with E-state index in [1.807, 2.05) is 12.1 Å². The van der Waals surface area contributed by atoms with Gasteiger partial charge in [0.2, 0.25) is 5.91 Å². The quantitative estimate of drug-likeness (QED) is 0.691. The molecule has 0 aliphatic heterocycles. The maximum atomic E-state index is 11.7. The highest BCUT2D eigenvalue weighted by Gasteiger charge is 2.13. The SMILES string of the molecule is CC(O)CCC(=O)N(CCC#N)CCC#N. The smallest absolute Gasteiger partial charge is 0.222 e. The fraction of sp³-hybridized carbons (Fsp3) is 0.727. The summed E-state index contributed by atoms with van der Waals surface area (Å²) >= 11 is 0. The Bertz CT molecular complexity index is 271. The van der Waals surface area contributed by atoms with Crippen LogP contribution in [-0.4, -0.2) is 35.1 Å². The molecule has 1 N–H and O–H groups in total. The molecule has 0 aliphatic carbocycles. The van der Waals surface area contributed by atoms with Crippen LogP contribution in [0.15, 0.2) is 0 Å². The molecule has 0 bridgehead atoms. The summed E-state index contributed by atoms with van der Waals surface area (Å²) in [6.45, 7) is 2.34. The summed E-state index contributed by atoms with van der Waals surface area (Å²) in [4.78, 5) is 13.2. The van der Waals surface area contributed by atoms with Crippen LogP contribution >= 0.6 is 0 Å². The topological polar surface area (TPSA) is 88.1 Å². The van der Waals surface area contributed by atoms with Crippen LogP contribution in [0.25, 0.3) is 0 Å². The standard InChI is InChI=1S/C11H17N3O2/c1-10(15)4-5-11(16)14(8-2-6-12)9-3-7-13/h10,15H,2-5,8-9H2,1H3. The van der Waals surface area contributed by atoms with Crippen LogP contribution < -0.4 is 0 Å². The van der Waals surface area contributed by atoms with Gasteiger partial charge in [-0.15, -0.1) is 0 Å². The van der Waals surface area contributed by atoms with E-state index in [0.717, 1.165) is 0 Å². The number of hydrogen-bond acceptors (Lipinski definition) is 4. The van der Waals surface area contributed by atoms with E-state index < -0.39 is 6.10 Å². The zero-order valence-electron chi connectivity index (χ0n) is 9.52. The summed E-state index contributed by atoms with van der Waals surface area (Å²) in [5, 5.41) is 26.0. The van der Waals surface area contributed by atoms with Gasteiger partial charge in [0, 0.05) is 19.5 Å². The van der Waals surface area contributed by atoms with Gasteiger partial charge in [-0.1, -0.05) is 0 Å². The van der Waals surface area contributed by atoms with Crippen LogP contribution in [0.5, 0.6) is 0 Å². The highest BCUT2D eigenvalue weighted by Crippen LogP contribution is 2.03. The van der Waals surface area contributed by atoms with Crippen molar-refractivity contribution in [2.24, 2.45) is 0 Å². The molecule has 0 fully saturated rings. The van der Waals surface area contributed by atoms with Crippen molar-refractivity contribution < 1.29 is 9.90 Å². The molecule has 5 nitrogen and oxygen atoms in total. The summed E-state index contributed by atoms with van der Waals surface area (Å²) in [5.41, 5.74) is 0. The molecule has 0 aliphatic rings. The second kappa shape index (κ2) is 8.70. The maximum Gasteiger partial charge on any atom is 0.222 e. The van der Waals surface area contributed by atoms with Crippen molar-refractivity contribution in [1.82, 2.24) is 4.90 Å². The average Bonchev–Trinajstić information content (AvgIpc) is 2.26. The van der Waals surface area contributed by atoms with Gasteiger partial charge in [0.25, 0.3) is 0 Å². The minimum absolute atomic E-state index is 0.105. The monoisotopic (exact) mass is 223 g/mol. The molecule has 0 heterocycles. The summed E-state index contributed by atoms with van der Waals surface area (Å²) < 4.78 is 0. The Balaban J connectivity index is 4.11. The fourth-order valence-electron chi connectivity index (χ4n) is 1.22. The van der Waals surface area contributed by atoms with Gasteiger partial charge in [0.05, 0.1) is 31.1 Å². The number of carbonyl (C=O) groups excluding carboxylic acids is 1. The molecule has 0 rings (SSSR count). The Hall–Kier alpha value is -1.59. The van der Waals surface area contributed by atoms with Crippen LogP contribution in [0.4, 0.5) is 0 Å².